The molecule has 0 bridgehead atoms. The molecule has 0 saturated carbocycles. The summed E-state index contributed by atoms with van der Waals surface area (Å²) in [5, 5.41) is 1.01. The zero-order valence-corrected chi connectivity index (χ0v) is 15.3. The summed E-state index contributed by atoms with van der Waals surface area (Å²) < 4.78 is 7.19. The van der Waals surface area contributed by atoms with Gasteiger partial charge in [-0.1, -0.05) is 64.6 Å². The normalized spacial score (nSPS) is 11.6. The lowest BCUT2D eigenvalue weighted by Gasteiger charge is -2.31. The first-order valence-electron chi connectivity index (χ1n) is 7.02. The van der Waals surface area contributed by atoms with Gasteiger partial charge < -0.3 is 4.74 Å². The van der Waals surface area contributed by atoms with Crippen molar-refractivity contribution in [2.24, 2.45) is 5.41 Å². The maximum atomic E-state index is 6.12. The van der Waals surface area contributed by atoms with E-state index in [1.165, 1.54) is 31.2 Å². The van der Waals surface area contributed by atoms with Crippen molar-refractivity contribution in [1.29, 1.82) is 0 Å². The minimum Gasteiger partial charge on any atom is -0.493 e. The smallest absolute Gasteiger partial charge is 0.123 e. The fraction of sp³-hybridized carbons (Fsp3) is 0.625. The Labute approximate surface area is 134 Å². The molecule has 1 aromatic carbocycles. The fourth-order valence-corrected chi connectivity index (χ4v) is 3.53. The van der Waals surface area contributed by atoms with E-state index in [1.807, 2.05) is 0 Å². The lowest BCUT2D eigenvalue weighted by Crippen LogP contribution is -2.30. The van der Waals surface area contributed by atoms with Gasteiger partial charge in [0, 0.05) is 15.2 Å². The molecule has 0 aliphatic rings. The van der Waals surface area contributed by atoms with E-state index in [0.29, 0.717) is 0 Å². The Morgan fingerprint density at radius 2 is 1.79 bits per heavy atom. The summed E-state index contributed by atoms with van der Waals surface area (Å²) in [7, 11) is 0. The molecule has 0 fully saturated rings. The highest BCUT2D eigenvalue weighted by Crippen LogP contribution is 2.34. The van der Waals surface area contributed by atoms with Crippen molar-refractivity contribution in [1.82, 2.24) is 0 Å². The lowest BCUT2D eigenvalue weighted by molar-refractivity contribution is 0.144. The number of aryl methyl sites for hydroxylation is 1. The van der Waals surface area contributed by atoms with Gasteiger partial charge in [0.05, 0.1) is 6.61 Å². The van der Waals surface area contributed by atoms with Crippen LogP contribution >= 0.6 is 31.9 Å². The maximum Gasteiger partial charge on any atom is 0.123 e. The Morgan fingerprint density at radius 3 is 2.32 bits per heavy atom. The summed E-state index contributed by atoms with van der Waals surface area (Å²) in [4.78, 5) is 0. The molecular weight excluding hydrogens is 368 g/mol. The summed E-state index contributed by atoms with van der Waals surface area (Å²) in [6.45, 7) is 7.38. The molecule has 3 heteroatoms. The second-order valence-electron chi connectivity index (χ2n) is 5.33. The third kappa shape index (κ3) is 5.11. The maximum absolute atomic E-state index is 6.12. The molecule has 1 rings (SSSR count). The Bertz CT molecular complexity index is 384. The molecule has 0 aliphatic carbocycles. The zero-order valence-electron chi connectivity index (χ0n) is 12.1. The standard InChI is InChI=1S/C16H24Br2O/c1-4-8-16(11-17,9-5-2)12-19-15-10-14(18)7-6-13(15)3/h6-7,10H,4-5,8-9,11-12H2,1-3H3. The van der Waals surface area contributed by atoms with E-state index in [2.05, 4.69) is 70.8 Å². The zero-order chi connectivity index (χ0) is 14.3. The van der Waals surface area contributed by atoms with Crippen LogP contribution in [0, 0.1) is 12.3 Å². The highest BCUT2D eigenvalue weighted by atomic mass is 79.9. The van der Waals surface area contributed by atoms with Crippen LogP contribution in [0.4, 0.5) is 0 Å². The van der Waals surface area contributed by atoms with Crippen LogP contribution in [0.15, 0.2) is 22.7 Å². The van der Waals surface area contributed by atoms with Gasteiger partial charge in [-0.2, -0.15) is 0 Å². The third-order valence-electron chi connectivity index (χ3n) is 3.53. The number of alkyl halides is 1. The summed E-state index contributed by atoms with van der Waals surface area (Å²) in [5.41, 5.74) is 1.46. The van der Waals surface area contributed by atoms with E-state index in [-0.39, 0.29) is 5.41 Å². The van der Waals surface area contributed by atoms with Gasteiger partial charge >= 0.3 is 0 Å². The summed E-state index contributed by atoms with van der Waals surface area (Å²) in [6.07, 6.45) is 4.82. The van der Waals surface area contributed by atoms with Crippen molar-refractivity contribution in [3.63, 3.8) is 0 Å². The molecule has 0 aliphatic heterocycles. The van der Waals surface area contributed by atoms with Gasteiger partial charge in [0.1, 0.15) is 5.75 Å². The molecule has 1 nitrogen and oxygen atoms in total. The van der Waals surface area contributed by atoms with Crippen molar-refractivity contribution in [2.75, 3.05) is 11.9 Å². The van der Waals surface area contributed by atoms with Crippen molar-refractivity contribution < 1.29 is 4.74 Å². The summed E-state index contributed by atoms with van der Waals surface area (Å²) in [6, 6.07) is 6.21. The Hall–Kier alpha value is -0.0200. The van der Waals surface area contributed by atoms with E-state index in [1.54, 1.807) is 0 Å². The monoisotopic (exact) mass is 390 g/mol. The molecule has 0 amide bonds. The van der Waals surface area contributed by atoms with Gasteiger partial charge in [0.25, 0.3) is 0 Å². The van der Waals surface area contributed by atoms with Gasteiger partial charge in [-0.15, -0.1) is 0 Å². The SMILES string of the molecule is CCCC(CBr)(CCC)COc1cc(Br)ccc1C. The fourth-order valence-electron chi connectivity index (χ4n) is 2.46. The Kier molecular flexibility index (Phi) is 7.45. The highest BCUT2D eigenvalue weighted by Gasteiger charge is 2.28. The van der Waals surface area contributed by atoms with Gasteiger partial charge in [-0.3, -0.25) is 0 Å². The molecule has 0 spiro atoms. The molecule has 0 saturated heterocycles. The summed E-state index contributed by atoms with van der Waals surface area (Å²) in [5.74, 6) is 0.993. The first-order valence-corrected chi connectivity index (χ1v) is 8.93. The van der Waals surface area contributed by atoms with Crippen LogP contribution in [-0.2, 0) is 0 Å². The van der Waals surface area contributed by atoms with Crippen LogP contribution in [0.2, 0.25) is 0 Å². The third-order valence-corrected chi connectivity index (χ3v) is 5.21. The molecule has 0 N–H and O–H groups in total. The summed E-state index contributed by atoms with van der Waals surface area (Å²) >= 11 is 7.20. The van der Waals surface area contributed by atoms with Gasteiger partial charge in [0.15, 0.2) is 0 Å². The average Bonchev–Trinajstić information content (AvgIpc) is 2.40. The number of hydrogen-bond donors (Lipinski definition) is 0. The van der Waals surface area contributed by atoms with E-state index < -0.39 is 0 Å². The Balaban J connectivity index is 2.77. The minimum absolute atomic E-state index is 0.262. The molecule has 0 radical (unpaired) electrons. The molecule has 19 heavy (non-hydrogen) atoms. The van der Waals surface area contributed by atoms with Crippen LogP contribution in [0.25, 0.3) is 0 Å². The van der Waals surface area contributed by atoms with E-state index >= 15 is 0 Å². The number of ether oxygens (including phenoxy) is 1. The molecule has 1 aromatic rings. The largest absolute Gasteiger partial charge is 0.493 e. The minimum atomic E-state index is 0.262. The van der Waals surface area contributed by atoms with Crippen molar-refractivity contribution in [3.8, 4) is 5.75 Å². The first-order chi connectivity index (χ1) is 9.06. The number of hydrogen-bond acceptors (Lipinski definition) is 1. The van der Waals surface area contributed by atoms with Gasteiger partial charge in [-0.05, 0) is 37.5 Å². The van der Waals surface area contributed by atoms with Crippen molar-refractivity contribution in [2.45, 2.75) is 46.5 Å². The topological polar surface area (TPSA) is 9.23 Å². The molecule has 0 aromatic heterocycles. The second-order valence-corrected chi connectivity index (χ2v) is 6.81. The number of benzene rings is 1. The van der Waals surface area contributed by atoms with Crippen LogP contribution in [0.5, 0.6) is 5.75 Å². The number of rotatable bonds is 8. The quantitative estimate of drug-likeness (QED) is 0.485. The molecular formula is C16H24Br2O. The van der Waals surface area contributed by atoms with E-state index in [9.17, 15) is 0 Å². The van der Waals surface area contributed by atoms with Crippen LogP contribution in [0.3, 0.4) is 0 Å². The average molecular weight is 392 g/mol. The molecule has 108 valence electrons. The number of halogens is 2. The van der Waals surface area contributed by atoms with Crippen LogP contribution in [-0.4, -0.2) is 11.9 Å². The first kappa shape index (κ1) is 17.0. The van der Waals surface area contributed by atoms with Crippen molar-refractivity contribution >= 4 is 31.9 Å². The molecule has 0 atom stereocenters. The van der Waals surface area contributed by atoms with E-state index in [0.717, 1.165) is 22.2 Å². The Morgan fingerprint density at radius 1 is 1.16 bits per heavy atom. The van der Waals surface area contributed by atoms with Crippen LogP contribution < -0.4 is 4.74 Å². The molecule has 0 unspecified atom stereocenters. The molecule has 0 heterocycles. The van der Waals surface area contributed by atoms with Gasteiger partial charge in [0.2, 0.25) is 0 Å². The second kappa shape index (κ2) is 8.31. The van der Waals surface area contributed by atoms with Gasteiger partial charge in [-0.25, -0.2) is 0 Å². The highest BCUT2D eigenvalue weighted by molar-refractivity contribution is 9.10. The van der Waals surface area contributed by atoms with Crippen molar-refractivity contribution in [3.05, 3.63) is 28.2 Å². The van der Waals surface area contributed by atoms with Crippen LogP contribution in [0.1, 0.15) is 45.1 Å². The predicted octanol–water partition coefficient (Wildman–Crippen LogP) is 6.12. The predicted molar refractivity (Wildman–Crippen MR) is 90.4 cm³/mol. The van der Waals surface area contributed by atoms with E-state index in [4.69, 9.17) is 4.74 Å². The lowest BCUT2D eigenvalue weighted by atomic mass is 9.82.